The van der Waals surface area contributed by atoms with E-state index in [4.69, 9.17) is 4.74 Å². The van der Waals surface area contributed by atoms with Crippen molar-refractivity contribution in [2.75, 3.05) is 26.2 Å². The lowest BCUT2D eigenvalue weighted by atomic mass is 10.0. The molecule has 0 radical (unpaired) electrons. The van der Waals surface area contributed by atoms with Crippen LogP contribution in [0.2, 0.25) is 0 Å². The maximum absolute atomic E-state index is 10.7. The molecule has 0 amide bonds. The fourth-order valence-corrected chi connectivity index (χ4v) is 2.77. The summed E-state index contributed by atoms with van der Waals surface area (Å²) in [5, 5.41) is 10.7. The van der Waals surface area contributed by atoms with E-state index < -0.39 is 5.79 Å². The summed E-state index contributed by atoms with van der Waals surface area (Å²) in [5.74, 6) is -1.18. The van der Waals surface area contributed by atoms with Crippen LogP contribution in [0.25, 0.3) is 0 Å². The van der Waals surface area contributed by atoms with Crippen LogP contribution in [-0.4, -0.2) is 36.2 Å². The Labute approximate surface area is 137 Å². The maximum atomic E-state index is 10.7. The summed E-state index contributed by atoms with van der Waals surface area (Å²) >= 11 is 0. The minimum atomic E-state index is -1.18. The lowest BCUT2D eigenvalue weighted by Gasteiger charge is -2.39. The van der Waals surface area contributed by atoms with Crippen molar-refractivity contribution < 1.29 is 9.84 Å². The fourth-order valence-electron chi connectivity index (χ4n) is 2.77. The number of rotatable bonds is 4. The minimum Gasteiger partial charge on any atom is -0.361 e. The van der Waals surface area contributed by atoms with Gasteiger partial charge in [-0.2, -0.15) is 0 Å². The van der Waals surface area contributed by atoms with Crippen LogP contribution in [0.4, 0.5) is 0 Å². The molecule has 1 aliphatic rings. The second-order valence-corrected chi connectivity index (χ2v) is 5.51. The van der Waals surface area contributed by atoms with Gasteiger partial charge < -0.3 is 9.84 Å². The standard InChI is InChI=1S/C18H21NO2.ClH/c20-18(17-9-5-2-6-10-17)15-19(13-14-21-18)12-11-16-7-3-1-4-8-16;/h1-10,20H,11-15H2;1H. The van der Waals surface area contributed by atoms with Crippen LogP contribution in [-0.2, 0) is 16.9 Å². The molecule has 1 heterocycles. The average Bonchev–Trinajstić information content (AvgIpc) is 2.55. The SMILES string of the molecule is Cl.OC1(c2ccccc2)CN(CCc2ccccc2)CCO1. The zero-order valence-corrected chi connectivity index (χ0v) is 13.3. The van der Waals surface area contributed by atoms with Gasteiger partial charge in [-0.3, -0.25) is 4.90 Å². The van der Waals surface area contributed by atoms with E-state index in [0.29, 0.717) is 13.2 Å². The molecule has 22 heavy (non-hydrogen) atoms. The number of morpholine rings is 1. The van der Waals surface area contributed by atoms with Crippen molar-refractivity contribution in [3.63, 3.8) is 0 Å². The molecule has 1 atom stereocenters. The van der Waals surface area contributed by atoms with Crippen LogP contribution in [0, 0.1) is 0 Å². The lowest BCUT2D eigenvalue weighted by molar-refractivity contribution is -0.247. The van der Waals surface area contributed by atoms with E-state index >= 15 is 0 Å². The first-order valence-corrected chi connectivity index (χ1v) is 7.44. The van der Waals surface area contributed by atoms with Crippen LogP contribution in [0.5, 0.6) is 0 Å². The van der Waals surface area contributed by atoms with Crippen LogP contribution in [0.15, 0.2) is 60.7 Å². The highest BCUT2D eigenvalue weighted by atomic mass is 35.5. The normalized spacial score (nSPS) is 22.0. The average molecular weight is 320 g/mol. The van der Waals surface area contributed by atoms with Crippen molar-refractivity contribution in [3.8, 4) is 0 Å². The minimum absolute atomic E-state index is 0. The summed E-state index contributed by atoms with van der Waals surface area (Å²) in [5.41, 5.74) is 2.15. The van der Waals surface area contributed by atoms with Crippen LogP contribution in [0.3, 0.4) is 0 Å². The topological polar surface area (TPSA) is 32.7 Å². The van der Waals surface area contributed by atoms with Gasteiger partial charge >= 0.3 is 0 Å². The fraction of sp³-hybridized carbons (Fsp3) is 0.333. The largest absolute Gasteiger partial charge is 0.361 e. The van der Waals surface area contributed by atoms with E-state index in [9.17, 15) is 5.11 Å². The number of benzene rings is 2. The molecule has 0 spiro atoms. The summed E-state index contributed by atoms with van der Waals surface area (Å²) < 4.78 is 5.65. The quantitative estimate of drug-likeness (QED) is 0.940. The van der Waals surface area contributed by atoms with Gasteiger partial charge in [-0.05, 0) is 12.0 Å². The predicted octanol–water partition coefficient (Wildman–Crippen LogP) is 2.83. The summed E-state index contributed by atoms with van der Waals surface area (Å²) in [6, 6.07) is 20.1. The summed E-state index contributed by atoms with van der Waals surface area (Å²) in [4.78, 5) is 2.27. The third-order valence-corrected chi connectivity index (χ3v) is 3.97. The zero-order valence-electron chi connectivity index (χ0n) is 12.5. The second kappa shape index (κ2) is 7.75. The second-order valence-electron chi connectivity index (χ2n) is 5.51. The molecule has 1 aliphatic heterocycles. The van der Waals surface area contributed by atoms with E-state index in [-0.39, 0.29) is 12.4 Å². The van der Waals surface area contributed by atoms with Crippen LogP contribution < -0.4 is 0 Å². The van der Waals surface area contributed by atoms with Crippen molar-refractivity contribution in [1.29, 1.82) is 0 Å². The number of halogens is 1. The first-order chi connectivity index (χ1) is 10.3. The smallest absolute Gasteiger partial charge is 0.205 e. The lowest BCUT2D eigenvalue weighted by Crippen LogP contribution is -2.50. The Hall–Kier alpha value is -1.39. The van der Waals surface area contributed by atoms with Gasteiger partial charge in [-0.25, -0.2) is 0 Å². The number of aliphatic hydroxyl groups is 1. The number of ether oxygens (including phenoxy) is 1. The van der Waals surface area contributed by atoms with Gasteiger partial charge in [0.2, 0.25) is 5.79 Å². The Bertz CT molecular complexity index is 564. The third kappa shape index (κ3) is 4.08. The molecule has 1 saturated heterocycles. The molecule has 2 aromatic carbocycles. The summed E-state index contributed by atoms with van der Waals surface area (Å²) in [6.07, 6.45) is 0.992. The molecule has 0 saturated carbocycles. The number of hydrogen-bond acceptors (Lipinski definition) is 3. The monoisotopic (exact) mass is 319 g/mol. The highest BCUT2D eigenvalue weighted by molar-refractivity contribution is 5.85. The van der Waals surface area contributed by atoms with Crippen LogP contribution >= 0.6 is 12.4 Å². The van der Waals surface area contributed by atoms with Gasteiger partial charge in [0.25, 0.3) is 0 Å². The Balaban J connectivity index is 0.00000176. The van der Waals surface area contributed by atoms with Crippen molar-refractivity contribution >= 4 is 12.4 Å². The Morgan fingerprint density at radius 2 is 1.64 bits per heavy atom. The van der Waals surface area contributed by atoms with E-state index in [1.165, 1.54) is 5.56 Å². The highest BCUT2D eigenvalue weighted by Crippen LogP contribution is 2.26. The van der Waals surface area contributed by atoms with Crippen LogP contribution in [0.1, 0.15) is 11.1 Å². The molecule has 3 nitrogen and oxygen atoms in total. The van der Waals surface area contributed by atoms with Crippen molar-refractivity contribution in [3.05, 3.63) is 71.8 Å². The highest BCUT2D eigenvalue weighted by Gasteiger charge is 2.35. The van der Waals surface area contributed by atoms with Gasteiger partial charge in [0.15, 0.2) is 0 Å². The molecule has 1 N–H and O–H groups in total. The molecule has 1 fully saturated rings. The van der Waals surface area contributed by atoms with E-state index in [1.54, 1.807) is 0 Å². The van der Waals surface area contributed by atoms with Crippen molar-refractivity contribution in [2.45, 2.75) is 12.2 Å². The van der Waals surface area contributed by atoms with E-state index in [1.807, 2.05) is 36.4 Å². The Kier molecular flexibility index (Phi) is 5.98. The summed E-state index contributed by atoms with van der Waals surface area (Å²) in [6.45, 7) is 2.87. The van der Waals surface area contributed by atoms with Gasteiger partial charge in [0.05, 0.1) is 13.2 Å². The van der Waals surface area contributed by atoms with Crippen molar-refractivity contribution in [2.24, 2.45) is 0 Å². The van der Waals surface area contributed by atoms with Gasteiger partial charge in [0, 0.05) is 18.7 Å². The number of hydrogen-bond donors (Lipinski definition) is 1. The Morgan fingerprint density at radius 3 is 2.32 bits per heavy atom. The van der Waals surface area contributed by atoms with Gasteiger partial charge in [-0.1, -0.05) is 60.7 Å². The molecule has 3 rings (SSSR count). The van der Waals surface area contributed by atoms with E-state index in [2.05, 4.69) is 29.2 Å². The Morgan fingerprint density at radius 1 is 1.00 bits per heavy atom. The van der Waals surface area contributed by atoms with Gasteiger partial charge in [0.1, 0.15) is 0 Å². The molecule has 1 unspecified atom stereocenters. The molecule has 4 heteroatoms. The first-order valence-electron chi connectivity index (χ1n) is 7.44. The summed E-state index contributed by atoms with van der Waals surface area (Å²) in [7, 11) is 0. The number of nitrogens with zero attached hydrogens (tertiary/aromatic N) is 1. The predicted molar refractivity (Wildman–Crippen MR) is 90.1 cm³/mol. The zero-order chi connectivity index (χ0) is 14.5. The maximum Gasteiger partial charge on any atom is 0.205 e. The molecular weight excluding hydrogens is 298 g/mol. The molecule has 118 valence electrons. The molecule has 2 aromatic rings. The van der Waals surface area contributed by atoms with Gasteiger partial charge in [-0.15, -0.1) is 12.4 Å². The third-order valence-electron chi connectivity index (χ3n) is 3.97. The molecule has 0 aliphatic carbocycles. The molecule has 0 aromatic heterocycles. The number of β-amino-alcohol motifs (C(OH)–C–C–N with tert-alkyl or cyclic N) is 1. The van der Waals surface area contributed by atoms with Crippen molar-refractivity contribution in [1.82, 2.24) is 4.90 Å². The van der Waals surface area contributed by atoms with E-state index in [0.717, 1.165) is 25.1 Å². The first kappa shape index (κ1) is 17.0. The molecular formula is C18H22ClNO2. The molecule has 0 bridgehead atoms.